The van der Waals surface area contributed by atoms with Crippen molar-refractivity contribution in [2.75, 3.05) is 32.8 Å². The average Bonchev–Trinajstić information content (AvgIpc) is 3.68. The van der Waals surface area contributed by atoms with Crippen molar-refractivity contribution in [3.63, 3.8) is 0 Å². The fourth-order valence-electron chi connectivity index (χ4n) is 13.7. The van der Waals surface area contributed by atoms with Crippen LogP contribution in [-0.4, -0.2) is 102 Å². The molecule has 8 rings (SSSR count). The lowest BCUT2D eigenvalue weighted by molar-refractivity contribution is -0.245. The van der Waals surface area contributed by atoms with Gasteiger partial charge in [-0.05, 0) is 110 Å². The number of nitrogens with two attached hydrogens (primary N) is 1. The zero-order valence-corrected chi connectivity index (χ0v) is 31.8. The molecule has 13 atom stereocenters. The van der Waals surface area contributed by atoms with Crippen LogP contribution in [0, 0.1) is 51.2 Å². The Morgan fingerprint density at radius 1 is 0.900 bits per heavy atom. The Balaban J connectivity index is 0.989. The van der Waals surface area contributed by atoms with E-state index in [0.717, 1.165) is 64.5 Å². The molecule has 5 aliphatic carbocycles. The molecule has 10 heteroatoms. The van der Waals surface area contributed by atoms with Crippen LogP contribution in [0.15, 0.2) is 0 Å². The minimum atomic E-state index is -0.747. The van der Waals surface area contributed by atoms with Crippen LogP contribution in [0.2, 0.25) is 0 Å². The third-order valence-corrected chi connectivity index (χ3v) is 16.5. The molecule has 8 fully saturated rings. The first-order valence-electron chi connectivity index (χ1n) is 20.2. The van der Waals surface area contributed by atoms with Crippen molar-refractivity contribution in [1.82, 2.24) is 9.80 Å². The van der Waals surface area contributed by atoms with Crippen LogP contribution < -0.4 is 5.73 Å². The zero-order chi connectivity index (χ0) is 35.6. The Morgan fingerprint density at radius 2 is 1.62 bits per heavy atom. The van der Waals surface area contributed by atoms with Crippen LogP contribution in [0.1, 0.15) is 113 Å². The van der Waals surface area contributed by atoms with E-state index >= 15 is 0 Å². The summed E-state index contributed by atoms with van der Waals surface area (Å²) in [4.78, 5) is 29.3. The second-order valence-electron chi connectivity index (χ2n) is 19.4. The van der Waals surface area contributed by atoms with E-state index in [-0.39, 0.29) is 88.0 Å². The smallest absolute Gasteiger partial charge is 0.410 e. The molecule has 2 amide bonds. The van der Waals surface area contributed by atoms with E-state index in [9.17, 15) is 14.7 Å². The van der Waals surface area contributed by atoms with Gasteiger partial charge in [0.05, 0.1) is 43.1 Å². The van der Waals surface area contributed by atoms with E-state index in [4.69, 9.17) is 24.7 Å². The maximum absolute atomic E-state index is 12.9. The number of hydrogen-bond donors (Lipinski definition) is 2. The van der Waals surface area contributed by atoms with E-state index in [1.54, 1.807) is 4.90 Å². The van der Waals surface area contributed by atoms with Crippen LogP contribution in [-0.2, 0) is 23.7 Å². The van der Waals surface area contributed by atoms with E-state index in [0.29, 0.717) is 25.6 Å². The first kappa shape index (κ1) is 35.6. The van der Waals surface area contributed by atoms with Crippen molar-refractivity contribution < 1.29 is 33.6 Å². The Morgan fingerprint density at radius 3 is 2.30 bits per heavy atom. The lowest BCUT2D eigenvalue weighted by Gasteiger charge is -2.63. The second-order valence-corrected chi connectivity index (χ2v) is 19.4. The van der Waals surface area contributed by atoms with Crippen LogP contribution in [0.25, 0.3) is 0 Å². The van der Waals surface area contributed by atoms with E-state index in [1.807, 2.05) is 18.7 Å². The Kier molecular flexibility index (Phi) is 8.55. The lowest BCUT2D eigenvalue weighted by atomic mass is 9.44. The molecule has 3 N–H and O–H groups in total. The Hall–Kier alpha value is -1.46. The summed E-state index contributed by atoms with van der Waals surface area (Å²) >= 11 is 0. The average molecular weight is 700 g/mol. The number of likely N-dealkylation sites (tertiary alicyclic amines) is 1. The summed E-state index contributed by atoms with van der Waals surface area (Å²) in [6.45, 7) is 18.5. The molecule has 10 nitrogen and oxygen atoms in total. The minimum absolute atomic E-state index is 0.0314. The van der Waals surface area contributed by atoms with E-state index in [2.05, 4.69) is 34.6 Å². The second kappa shape index (κ2) is 12.0. The highest BCUT2D eigenvalue weighted by Gasteiger charge is 2.85. The third kappa shape index (κ3) is 4.82. The number of carbonyl (C=O) groups is 2. The summed E-state index contributed by atoms with van der Waals surface area (Å²) in [6, 6.07) is 0. The van der Waals surface area contributed by atoms with Crippen molar-refractivity contribution in [2.45, 2.75) is 155 Å². The van der Waals surface area contributed by atoms with Gasteiger partial charge in [-0.1, -0.05) is 48.5 Å². The fourth-order valence-corrected chi connectivity index (χ4v) is 13.7. The largest absolute Gasteiger partial charge is 0.443 e. The number of aliphatic hydroxyl groups excluding tert-OH is 1. The van der Waals surface area contributed by atoms with Crippen molar-refractivity contribution in [2.24, 2.45) is 57.0 Å². The summed E-state index contributed by atoms with van der Waals surface area (Å²) in [7, 11) is 0. The number of nitrogens with zero attached hydrogens (tertiary/aromatic N) is 2. The highest BCUT2D eigenvalue weighted by Crippen LogP contribution is 2.87. The SMILES string of the molecule is CC(C)C(=O)N1CCOC(OC2CCC34CC35CCC3(C)C6CCC(C(OC(=O)N7CCC7)C(C)C)OC6C(O)C3(N)C5CCC4C2(C)C)C1. The van der Waals surface area contributed by atoms with Gasteiger partial charge in [-0.2, -0.15) is 0 Å². The lowest BCUT2D eigenvalue weighted by Crippen LogP contribution is -2.70. The van der Waals surface area contributed by atoms with E-state index < -0.39 is 11.6 Å². The van der Waals surface area contributed by atoms with Gasteiger partial charge < -0.3 is 39.6 Å². The molecule has 2 spiro atoms. The highest BCUT2D eigenvalue weighted by molar-refractivity contribution is 5.78. The molecule has 0 aromatic heterocycles. The summed E-state index contributed by atoms with van der Waals surface area (Å²) < 4.78 is 25.9. The standard InChI is InChI=1S/C40H65N3O7/c1-23(2)31(50-35(46)42-17-8-18-42)26-10-9-25-32(48-26)33(44)40(41)28-12-11-27-36(5,6)29(49-30-21-43(19-20-47-30)34(45)24(3)4)13-14-38(27)22-39(28,38)16-15-37(25,40)7/h23-33,44H,8-22,41H2,1-7H3. The van der Waals surface area contributed by atoms with Gasteiger partial charge in [0, 0.05) is 25.6 Å². The third-order valence-electron chi connectivity index (χ3n) is 16.5. The summed E-state index contributed by atoms with van der Waals surface area (Å²) in [5, 5.41) is 12.5. The molecular formula is C40H65N3O7. The van der Waals surface area contributed by atoms with Gasteiger partial charge in [-0.3, -0.25) is 4.79 Å². The molecule has 282 valence electrons. The number of ether oxygens (including phenoxy) is 4. The van der Waals surface area contributed by atoms with Crippen molar-refractivity contribution in [3.8, 4) is 0 Å². The molecule has 8 aliphatic rings. The molecule has 0 aromatic rings. The topological polar surface area (TPSA) is 124 Å². The van der Waals surface area contributed by atoms with Gasteiger partial charge >= 0.3 is 6.09 Å². The number of morpholine rings is 1. The van der Waals surface area contributed by atoms with Crippen molar-refractivity contribution in [1.29, 1.82) is 0 Å². The maximum Gasteiger partial charge on any atom is 0.410 e. The molecule has 3 heterocycles. The Labute approximate surface area is 299 Å². The van der Waals surface area contributed by atoms with Crippen molar-refractivity contribution in [3.05, 3.63) is 0 Å². The van der Waals surface area contributed by atoms with Crippen LogP contribution >= 0.6 is 0 Å². The number of fused-ring (bicyclic) bond motifs is 4. The molecule has 50 heavy (non-hydrogen) atoms. The zero-order valence-electron chi connectivity index (χ0n) is 31.8. The molecule has 3 aliphatic heterocycles. The van der Waals surface area contributed by atoms with Crippen LogP contribution in [0.5, 0.6) is 0 Å². The highest BCUT2D eigenvalue weighted by atomic mass is 16.7. The molecule has 0 bridgehead atoms. The number of rotatable bonds is 6. The molecule has 13 unspecified atom stereocenters. The summed E-state index contributed by atoms with van der Waals surface area (Å²) in [5.74, 6) is 1.22. The van der Waals surface area contributed by atoms with Gasteiger partial charge in [0.25, 0.3) is 0 Å². The number of carbonyl (C=O) groups excluding carboxylic acids is 2. The predicted octanol–water partition coefficient (Wildman–Crippen LogP) is 5.34. The maximum atomic E-state index is 12.9. The Bertz CT molecular complexity index is 1350. The quantitative estimate of drug-likeness (QED) is 0.381. The molecule has 5 saturated carbocycles. The fraction of sp³-hybridized carbons (Fsp3) is 0.950. The van der Waals surface area contributed by atoms with Crippen molar-refractivity contribution >= 4 is 12.0 Å². The normalized spacial score (nSPS) is 48.1. The van der Waals surface area contributed by atoms with Gasteiger partial charge in [0.2, 0.25) is 5.91 Å². The van der Waals surface area contributed by atoms with E-state index in [1.165, 1.54) is 12.8 Å². The van der Waals surface area contributed by atoms with Gasteiger partial charge in [0.15, 0.2) is 6.29 Å². The molecular weight excluding hydrogens is 634 g/mol. The summed E-state index contributed by atoms with van der Waals surface area (Å²) in [5.41, 5.74) is 7.21. The monoisotopic (exact) mass is 699 g/mol. The number of hydrogen-bond acceptors (Lipinski definition) is 8. The van der Waals surface area contributed by atoms with Crippen LogP contribution in [0.4, 0.5) is 4.79 Å². The number of amides is 2. The number of aliphatic hydroxyl groups is 1. The van der Waals surface area contributed by atoms with Crippen LogP contribution in [0.3, 0.4) is 0 Å². The molecule has 0 radical (unpaired) electrons. The molecule has 0 aromatic carbocycles. The molecule has 3 saturated heterocycles. The minimum Gasteiger partial charge on any atom is -0.443 e. The van der Waals surface area contributed by atoms with Gasteiger partial charge in [-0.15, -0.1) is 0 Å². The van der Waals surface area contributed by atoms with Gasteiger partial charge in [-0.25, -0.2) is 4.79 Å². The first-order valence-corrected chi connectivity index (χ1v) is 20.2. The summed E-state index contributed by atoms with van der Waals surface area (Å²) in [6.07, 6.45) is 8.18. The predicted molar refractivity (Wildman–Crippen MR) is 188 cm³/mol. The first-order chi connectivity index (χ1) is 23.6. The van der Waals surface area contributed by atoms with Gasteiger partial charge in [0.1, 0.15) is 6.10 Å².